The van der Waals surface area contributed by atoms with E-state index < -0.39 is 5.66 Å². The van der Waals surface area contributed by atoms with E-state index >= 15 is 0 Å². The monoisotopic (exact) mass is 223 g/mol. The van der Waals surface area contributed by atoms with Gasteiger partial charge in [0.2, 0.25) is 5.66 Å². The molecule has 0 fully saturated rings. The second-order valence-electron chi connectivity index (χ2n) is 4.04. The van der Waals surface area contributed by atoms with Crippen molar-refractivity contribution >= 4 is 0 Å². The van der Waals surface area contributed by atoms with E-state index in [1.165, 1.54) is 0 Å². The topological polar surface area (TPSA) is 44.6 Å². The molecule has 1 heterocycles. The Kier molecular flexibility index (Phi) is 2.27. The maximum absolute atomic E-state index is 11.5. The van der Waals surface area contributed by atoms with Gasteiger partial charge in [-0.05, 0) is 12.1 Å². The second kappa shape index (κ2) is 3.79. The molecule has 1 aliphatic heterocycles. The zero-order valence-electron chi connectivity index (χ0n) is 9.21. The number of hydrogen-bond acceptors (Lipinski definition) is 2. The van der Waals surface area contributed by atoms with Crippen molar-refractivity contribution < 1.29 is 5.11 Å². The van der Waals surface area contributed by atoms with Gasteiger partial charge in [-0.3, -0.25) is 0 Å². The summed E-state index contributed by atoms with van der Waals surface area (Å²) in [5, 5.41) is 13.1. The van der Waals surface area contributed by atoms with Crippen LogP contribution in [0.2, 0.25) is 0 Å². The fraction of sp³-hybridized carbons (Fsp3) is 0.143. The van der Waals surface area contributed by atoms with Gasteiger partial charge in [0.15, 0.2) is 0 Å². The zero-order chi connectivity index (χ0) is 11.7. The summed E-state index contributed by atoms with van der Waals surface area (Å²) in [6.45, 7) is -0.369. The number of hydrogen-bond donors (Lipinski definition) is 0. The van der Waals surface area contributed by atoms with Gasteiger partial charge in [0, 0.05) is 5.56 Å². The van der Waals surface area contributed by atoms with Crippen molar-refractivity contribution in [2.24, 2.45) is 9.98 Å². The molecule has 0 bridgehead atoms. The summed E-state index contributed by atoms with van der Waals surface area (Å²) in [5.74, 6) is 0. The van der Waals surface area contributed by atoms with E-state index in [2.05, 4.69) is 9.98 Å². The van der Waals surface area contributed by atoms with E-state index in [-0.39, 0.29) is 6.61 Å². The third-order valence-electron chi connectivity index (χ3n) is 2.93. The first-order valence-electron chi connectivity index (χ1n) is 5.52. The molecule has 0 atom stereocenters. The molecule has 3 rings (SSSR count). The Balaban J connectivity index is 2.24. The molecule has 83 valence electrons. The third-order valence-corrected chi connectivity index (χ3v) is 2.93. The molecule has 0 aromatic heterocycles. The smallest absolute Gasteiger partial charge is 0.203 e. The van der Waals surface area contributed by atoms with E-state index in [4.69, 9.17) is 0 Å². The fourth-order valence-corrected chi connectivity index (χ4v) is 2.06. The van der Waals surface area contributed by atoms with Crippen LogP contribution in [-0.4, -0.2) is 6.61 Å². The zero-order valence-corrected chi connectivity index (χ0v) is 9.21. The molecule has 1 aliphatic rings. The SMILES string of the molecule is [O]CC1(c2ccccc2)N=c2ccccc2=N1. The number of rotatable bonds is 2. The predicted molar refractivity (Wildman–Crippen MR) is 62.4 cm³/mol. The van der Waals surface area contributed by atoms with Gasteiger partial charge in [0.05, 0.1) is 10.7 Å². The lowest BCUT2D eigenvalue weighted by Gasteiger charge is -2.19. The minimum atomic E-state index is -0.967. The summed E-state index contributed by atoms with van der Waals surface area (Å²) in [4.78, 5) is 8.99. The Hall–Kier alpha value is -2.00. The molecule has 3 nitrogen and oxygen atoms in total. The summed E-state index contributed by atoms with van der Waals surface area (Å²) >= 11 is 0. The van der Waals surface area contributed by atoms with Crippen LogP contribution in [0.1, 0.15) is 5.56 Å². The third kappa shape index (κ3) is 1.56. The van der Waals surface area contributed by atoms with E-state index in [9.17, 15) is 5.11 Å². The summed E-state index contributed by atoms with van der Waals surface area (Å²) in [6.07, 6.45) is 0. The summed E-state index contributed by atoms with van der Waals surface area (Å²) < 4.78 is 0. The van der Waals surface area contributed by atoms with Crippen LogP contribution in [-0.2, 0) is 10.8 Å². The number of nitrogens with zero attached hydrogens (tertiary/aromatic N) is 2. The molecule has 2 aromatic rings. The molecule has 0 amide bonds. The Bertz CT molecular complexity index is 614. The van der Waals surface area contributed by atoms with Gasteiger partial charge in [0.1, 0.15) is 6.61 Å². The van der Waals surface area contributed by atoms with E-state index in [0.29, 0.717) is 0 Å². The lowest BCUT2D eigenvalue weighted by molar-refractivity contribution is 0.126. The van der Waals surface area contributed by atoms with Crippen LogP contribution in [0.25, 0.3) is 0 Å². The molecule has 0 aliphatic carbocycles. The fourth-order valence-electron chi connectivity index (χ4n) is 2.06. The van der Waals surface area contributed by atoms with Crippen LogP contribution in [0, 0.1) is 0 Å². The quantitative estimate of drug-likeness (QED) is 0.735. The number of benzene rings is 2. The molecule has 0 spiro atoms. The minimum Gasteiger partial charge on any atom is -0.246 e. The van der Waals surface area contributed by atoms with Crippen molar-refractivity contribution in [2.75, 3.05) is 6.61 Å². The highest BCUT2D eigenvalue weighted by Gasteiger charge is 2.33. The van der Waals surface area contributed by atoms with E-state index in [0.717, 1.165) is 16.3 Å². The first-order chi connectivity index (χ1) is 8.34. The van der Waals surface area contributed by atoms with Gasteiger partial charge in [-0.1, -0.05) is 42.5 Å². The van der Waals surface area contributed by atoms with Gasteiger partial charge in [-0.25, -0.2) is 15.1 Å². The van der Waals surface area contributed by atoms with Crippen LogP contribution in [0.15, 0.2) is 64.6 Å². The summed E-state index contributed by atoms with van der Waals surface area (Å²) in [5.41, 5.74) is -0.114. The van der Waals surface area contributed by atoms with Gasteiger partial charge in [0.25, 0.3) is 0 Å². The second-order valence-corrected chi connectivity index (χ2v) is 4.04. The Morgan fingerprint density at radius 2 is 1.35 bits per heavy atom. The van der Waals surface area contributed by atoms with Gasteiger partial charge >= 0.3 is 0 Å². The molecule has 1 radical (unpaired) electrons. The summed E-state index contributed by atoms with van der Waals surface area (Å²) in [6, 6.07) is 17.1. The van der Waals surface area contributed by atoms with Crippen LogP contribution in [0.3, 0.4) is 0 Å². The minimum absolute atomic E-state index is 0.369. The van der Waals surface area contributed by atoms with Gasteiger partial charge < -0.3 is 0 Å². The molecule has 3 heteroatoms. The molecular formula is C14H11N2O. The van der Waals surface area contributed by atoms with Crippen molar-refractivity contribution in [3.05, 3.63) is 70.9 Å². The summed E-state index contributed by atoms with van der Waals surface area (Å²) in [7, 11) is 0. The Labute approximate surface area is 98.8 Å². The molecule has 0 unspecified atom stereocenters. The molecular weight excluding hydrogens is 212 g/mol. The first-order valence-corrected chi connectivity index (χ1v) is 5.52. The molecule has 0 saturated heterocycles. The van der Waals surface area contributed by atoms with Crippen LogP contribution in [0.5, 0.6) is 0 Å². The maximum Gasteiger partial charge on any atom is 0.203 e. The number of fused-ring (bicyclic) bond motifs is 1. The predicted octanol–water partition coefficient (Wildman–Crippen LogP) is 1.22. The largest absolute Gasteiger partial charge is 0.246 e. The van der Waals surface area contributed by atoms with Crippen LogP contribution in [0.4, 0.5) is 0 Å². The maximum atomic E-state index is 11.5. The highest BCUT2D eigenvalue weighted by molar-refractivity contribution is 5.26. The average Bonchev–Trinajstić information content (AvgIpc) is 2.79. The molecule has 0 saturated carbocycles. The van der Waals surface area contributed by atoms with Gasteiger partial charge in [-0.2, -0.15) is 0 Å². The lowest BCUT2D eigenvalue weighted by Crippen LogP contribution is -2.24. The van der Waals surface area contributed by atoms with Crippen molar-refractivity contribution in [3.63, 3.8) is 0 Å². The Morgan fingerprint density at radius 1 is 0.824 bits per heavy atom. The standard InChI is InChI=1S/C14H11N2O/c17-10-14(11-6-2-1-3-7-11)15-12-8-4-5-9-13(12)16-14/h1-9H,10H2. The molecule has 0 N–H and O–H groups in total. The normalized spacial score (nSPS) is 15.8. The lowest BCUT2D eigenvalue weighted by atomic mass is 10.0. The van der Waals surface area contributed by atoms with E-state index in [1.54, 1.807) is 0 Å². The highest BCUT2D eigenvalue weighted by atomic mass is 16.3. The first kappa shape index (κ1) is 10.2. The van der Waals surface area contributed by atoms with Crippen molar-refractivity contribution in [2.45, 2.75) is 5.66 Å². The molecule has 2 aromatic carbocycles. The van der Waals surface area contributed by atoms with Crippen molar-refractivity contribution in [1.82, 2.24) is 0 Å². The van der Waals surface area contributed by atoms with Crippen LogP contribution < -0.4 is 10.7 Å². The van der Waals surface area contributed by atoms with E-state index in [1.807, 2.05) is 54.6 Å². The van der Waals surface area contributed by atoms with Crippen molar-refractivity contribution in [3.8, 4) is 0 Å². The van der Waals surface area contributed by atoms with Crippen LogP contribution >= 0.6 is 0 Å². The average molecular weight is 223 g/mol. The van der Waals surface area contributed by atoms with Gasteiger partial charge in [-0.15, -0.1) is 0 Å². The number of para-hydroxylation sites is 2. The molecule has 17 heavy (non-hydrogen) atoms. The highest BCUT2D eigenvalue weighted by Crippen LogP contribution is 2.27. The Morgan fingerprint density at radius 3 is 1.88 bits per heavy atom. The van der Waals surface area contributed by atoms with Crippen molar-refractivity contribution in [1.29, 1.82) is 0 Å².